The zero-order chi connectivity index (χ0) is 25.7. The van der Waals surface area contributed by atoms with Crippen LogP contribution >= 0.6 is 0 Å². The van der Waals surface area contributed by atoms with E-state index >= 15 is 0 Å². The highest BCUT2D eigenvalue weighted by Crippen LogP contribution is 2.50. The van der Waals surface area contributed by atoms with Crippen molar-refractivity contribution in [1.82, 2.24) is 9.80 Å². The Labute approximate surface area is 216 Å². The molecule has 1 saturated heterocycles. The van der Waals surface area contributed by atoms with Gasteiger partial charge in [-0.05, 0) is 73.9 Å². The third-order valence-corrected chi connectivity index (χ3v) is 7.92. The Balaban J connectivity index is 1.70. The van der Waals surface area contributed by atoms with Crippen LogP contribution in [0.2, 0.25) is 0 Å². The summed E-state index contributed by atoms with van der Waals surface area (Å²) in [6.07, 6.45) is 5.99. The average Bonchev–Trinajstić information content (AvgIpc) is 2.87. The van der Waals surface area contributed by atoms with E-state index in [0.29, 0.717) is 17.6 Å². The molecule has 0 bridgehead atoms. The van der Waals surface area contributed by atoms with E-state index in [9.17, 15) is 9.59 Å². The van der Waals surface area contributed by atoms with Crippen molar-refractivity contribution >= 4 is 11.9 Å². The van der Waals surface area contributed by atoms with Crippen molar-refractivity contribution in [2.75, 3.05) is 26.2 Å². The minimum Gasteiger partial charge on any atom is -0.427 e. The highest BCUT2D eigenvalue weighted by atomic mass is 16.5. The van der Waals surface area contributed by atoms with E-state index in [1.807, 2.05) is 48.5 Å². The number of nitrogens with zero attached hydrogens (tertiary/aromatic N) is 2. The Morgan fingerprint density at radius 2 is 1.94 bits per heavy atom. The molecule has 2 aromatic carbocycles. The third-order valence-electron chi connectivity index (χ3n) is 7.92. The maximum Gasteiger partial charge on any atom is 0.308 e. The first kappa shape index (κ1) is 26.2. The fourth-order valence-electron chi connectivity index (χ4n) is 6.38. The number of carbonyl (C=O) groups is 2. The summed E-state index contributed by atoms with van der Waals surface area (Å²) in [7, 11) is 0. The van der Waals surface area contributed by atoms with Gasteiger partial charge in [0.15, 0.2) is 0 Å². The Morgan fingerprint density at radius 3 is 2.64 bits per heavy atom. The molecule has 5 heteroatoms. The number of likely N-dealkylation sites (tertiary alicyclic amines) is 1. The maximum absolute atomic E-state index is 13.7. The second-order valence-corrected chi connectivity index (χ2v) is 10.9. The number of hydrogen-bond donors (Lipinski definition) is 0. The lowest BCUT2D eigenvalue weighted by molar-refractivity contribution is -0.131. The van der Waals surface area contributed by atoms with Crippen LogP contribution < -0.4 is 4.74 Å². The molecule has 1 saturated carbocycles. The number of hydrogen-bond acceptors (Lipinski definition) is 4. The topological polar surface area (TPSA) is 49.9 Å². The van der Waals surface area contributed by atoms with E-state index < -0.39 is 0 Å². The molecular formula is C31H40N2O3. The quantitative estimate of drug-likeness (QED) is 0.271. The van der Waals surface area contributed by atoms with E-state index in [2.05, 4.69) is 42.4 Å². The van der Waals surface area contributed by atoms with Crippen LogP contribution in [0.15, 0.2) is 67.3 Å². The smallest absolute Gasteiger partial charge is 0.308 e. The van der Waals surface area contributed by atoms with Crippen molar-refractivity contribution in [3.63, 3.8) is 0 Å². The summed E-state index contributed by atoms with van der Waals surface area (Å²) in [4.78, 5) is 30.0. The van der Waals surface area contributed by atoms with Gasteiger partial charge >= 0.3 is 5.97 Å². The molecule has 0 aromatic heterocycles. The zero-order valence-electron chi connectivity index (χ0n) is 22.0. The molecule has 2 aromatic rings. The highest BCUT2D eigenvalue weighted by Gasteiger charge is 2.49. The van der Waals surface area contributed by atoms with Crippen LogP contribution in [0.3, 0.4) is 0 Å². The molecule has 192 valence electrons. The monoisotopic (exact) mass is 488 g/mol. The van der Waals surface area contributed by atoms with Gasteiger partial charge in [0.25, 0.3) is 5.91 Å². The van der Waals surface area contributed by atoms with Gasteiger partial charge in [-0.2, -0.15) is 0 Å². The van der Waals surface area contributed by atoms with Crippen LogP contribution in [0, 0.1) is 11.8 Å². The van der Waals surface area contributed by atoms with Crippen molar-refractivity contribution in [2.24, 2.45) is 11.8 Å². The van der Waals surface area contributed by atoms with Gasteiger partial charge in [0.05, 0.1) is 0 Å². The fourth-order valence-corrected chi connectivity index (χ4v) is 6.38. The van der Waals surface area contributed by atoms with E-state index in [4.69, 9.17) is 4.74 Å². The summed E-state index contributed by atoms with van der Waals surface area (Å²) in [5, 5.41) is 0. The SMILES string of the molecule is C=CCN1CC[C@@]2(c3cccc(OC(C)=O)c3)C[C@H](N(CC(C)C)C(=O)c3ccccc3)CC[C@@H]2C1. The Hall–Kier alpha value is -2.92. The van der Waals surface area contributed by atoms with Crippen LogP contribution in [-0.4, -0.2) is 53.9 Å². The lowest BCUT2D eigenvalue weighted by Crippen LogP contribution is -2.57. The molecule has 0 radical (unpaired) electrons. The molecule has 4 rings (SSSR count). The maximum atomic E-state index is 13.7. The second-order valence-electron chi connectivity index (χ2n) is 10.9. The van der Waals surface area contributed by atoms with Crippen molar-refractivity contribution in [3.05, 3.63) is 78.4 Å². The number of piperidine rings is 1. The fraction of sp³-hybridized carbons (Fsp3) is 0.484. The van der Waals surface area contributed by atoms with Crippen LogP contribution in [0.25, 0.3) is 0 Å². The number of amides is 1. The first-order valence-corrected chi connectivity index (χ1v) is 13.3. The second kappa shape index (κ2) is 11.4. The van der Waals surface area contributed by atoms with Gasteiger partial charge in [-0.3, -0.25) is 14.5 Å². The first-order chi connectivity index (χ1) is 17.3. The standard InChI is InChI=1S/C31H40N2O3/c1-5-17-32-18-16-31(26-12-9-13-29(19-26)36-24(4)34)20-28(15-14-27(31)22-32)33(21-23(2)3)30(35)25-10-7-6-8-11-25/h5-13,19,23,27-28H,1,14-18,20-22H2,2-4H3/t27-,28-,31+/m1/s1. The molecule has 1 heterocycles. The van der Waals surface area contributed by atoms with Gasteiger partial charge in [-0.15, -0.1) is 6.58 Å². The molecule has 0 spiro atoms. The normalized spacial score (nSPS) is 24.1. The molecule has 2 fully saturated rings. The molecular weight excluding hydrogens is 448 g/mol. The van der Waals surface area contributed by atoms with E-state index in [1.165, 1.54) is 12.5 Å². The van der Waals surface area contributed by atoms with Crippen LogP contribution in [-0.2, 0) is 10.2 Å². The lowest BCUT2D eigenvalue weighted by atomic mass is 9.57. The average molecular weight is 489 g/mol. The molecule has 1 amide bonds. The van der Waals surface area contributed by atoms with E-state index in [-0.39, 0.29) is 23.3 Å². The lowest BCUT2D eigenvalue weighted by Gasteiger charge is -2.54. The number of carbonyl (C=O) groups excluding carboxylic acids is 2. The zero-order valence-corrected chi connectivity index (χ0v) is 22.0. The summed E-state index contributed by atoms with van der Waals surface area (Å²) in [5.41, 5.74) is 1.92. The molecule has 5 nitrogen and oxygen atoms in total. The van der Waals surface area contributed by atoms with Crippen molar-refractivity contribution in [3.8, 4) is 5.75 Å². The third kappa shape index (κ3) is 5.73. The largest absolute Gasteiger partial charge is 0.427 e. The molecule has 1 aliphatic carbocycles. The Morgan fingerprint density at radius 1 is 1.17 bits per heavy atom. The summed E-state index contributed by atoms with van der Waals surface area (Å²) < 4.78 is 5.48. The van der Waals surface area contributed by atoms with Crippen molar-refractivity contribution in [2.45, 2.75) is 57.9 Å². The molecule has 36 heavy (non-hydrogen) atoms. The van der Waals surface area contributed by atoms with Gasteiger partial charge in [0.1, 0.15) is 5.75 Å². The van der Waals surface area contributed by atoms with Gasteiger partial charge in [0.2, 0.25) is 0 Å². The summed E-state index contributed by atoms with van der Waals surface area (Å²) in [5.74, 6) is 1.28. The number of ether oxygens (including phenoxy) is 1. The van der Waals surface area contributed by atoms with Gasteiger partial charge < -0.3 is 9.64 Å². The van der Waals surface area contributed by atoms with Gasteiger partial charge in [-0.1, -0.05) is 50.3 Å². The number of benzene rings is 2. The summed E-state index contributed by atoms with van der Waals surface area (Å²) in [6, 6.07) is 18.0. The minimum atomic E-state index is -0.305. The number of fused-ring (bicyclic) bond motifs is 1. The molecule has 0 N–H and O–H groups in total. The molecule has 1 aliphatic heterocycles. The van der Waals surface area contributed by atoms with E-state index in [1.54, 1.807) is 0 Å². The van der Waals surface area contributed by atoms with Crippen LogP contribution in [0.4, 0.5) is 0 Å². The van der Waals surface area contributed by atoms with Crippen LogP contribution in [0.5, 0.6) is 5.75 Å². The number of rotatable bonds is 8. The summed E-state index contributed by atoms with van der Waals surface area (Å²) >= 11 is 0. The Bertz CT molecular complexity index is 1070. The first-order valence-electron chi connectivity index (χ1n) is 13.3. The van der Waals surface area contributed by atoms with Gasteiger partial charge in [0, 0.05) is 43.6 Å². The number of esters is 1. The van der Waals surface area contributed by atoms with Gasteiger partial charge in [-0.25, -0.2) is 0 Å². The molecule has 3 atom stereocenters. The van der Waals surface area contributed by atoms with Crippen molar-refractivity contribution in [1.29, 1.82) is 0 Å². The predicted molar refractivity (Wildman–Crippen MR) is 144 cm³/mol. The van der Waals surface area contributed by atoms with E-state index in [0.717, 1.165) is 57.4 Å². The minimum absolute atomic E-state index is 0.0665. The molecule has 0 unspecified atom stereocenters. The Kier molecular flexibility index (Phi) is 8.30. The highest BCUT2D eigenvalue weighted by molar-refractivity contribution is 5.94. The van der Waals surface area contributed by atoms with Crippen LogP contribution in [0.1, 0.15) is 62.4 Å². The predicted octanol–water partition coefficient (Wildman–Crippen LogP) is 5.71. The van der Waals surface area contributed by atoms with Crippen molar-refractivity contribution < 1.29 is 14.3 Å². The summed E-state index contributed by atoms with van der Waals surface area (Å²) in [6.45, 7) is 13.4. The molecule has 2 aliphatic rings.